The van der Waals surface area contributed by atoms with Crippen molar-refractivity contribution < 1.29 is 14.3 Å². The molecule has 1 aliphatic heterocycles. The zero-order chi connectivity index (χ0) is 17.3. The lowest BCUT2D eigenvalue weighted by Gasteiger charge is -2.28. The zero-order valence-corrected chi connectivity index (χ0v) is 15.0. The quantitative estimate of drug-likeness (QED) is 0.796. The lowest BCUT2D eigenvalue weighted by atomic mass is 9.95. The number of allylic oxidation sites excluding steroid dienone is 1. The minimum absolute atomic E-state index is 0.427. The number of nitrogens with zero attached hydrogens (tertiary/aromatic N) is 4. The fourth-order valence-electron chi connectivity index (χ4n) is 2.69. The Bertz CT molecular complexity index is 817. The molecule has 0 saturated heterocycles. The van der Waals surface area contributed by atoms with Gasteiger partial charge < -0.3 is 14.8 Å². The average molecular weight is 394 g/mol. The molecule has 0 amide bonds. The number of tetrazole rings is 1. The predicted octanol–water partition coefficient (Wildman–Crippen LogP) is 2.30. The number of rotatable bonds is 4. The number of benzene rings is 1. The summed E-state index contributed by atoms with van der Waals surface area (Å²) in [6.07, 6.45) is 0. The van der Waals surface area contributed by atoms with E-state index in [0.29, 0.717) is 29.6 Å². The minimum atomic E-state index is -0.553. The van der Waals surface area contributed by atoms with Crippen LogP contribution in [0, 0.1) is 0 Å². The Morgan fingerprint density at radius 3 is 2.96 bits per heavy atom. The van der Waals surface area contributed by atoms with Crippen LogP contribution in [0.5, 0.6) is 5.75 Å². The Morgan fingerprint density at radius 2 is 2.25 bits per heavy atom. The molecule has 1 aliphatic rings. The number of nitrogens with one attached hydrogen (secondary N) is 1. The van der Waals surface area contributed by atoms with Gasteiger partial charge in [0, 0.05) is 15.7 Å². The second-order valence-electron chi connectivity index (χ2n) is 5.12. The summed E-state index contributed by atoms with van der Waals surface area (Å²) in [5, 5.41) is 14.7. The van der Waals surface area contributed by atoms with Gasteiger partial charge in [0.15, 0.2) is 0 Å². The van der Waals surface area contributed by atoms with Crippen molar-refractivity contribution in [3.63, 3.8) is 0 Å². The molecule has 2 aromatic rings. The van der Waals surface area contributed by atoms with E-state index in [4.69, 9.17) is 9.47 Å². The first-order valence-electron chi connectivity index (χ1n) is 7.33. The largest absolute Gasteiger partial charge is 0.494 e. The van der Waals surface area contributed by atoms with Crippen molar-refractivity contribution in [3.05, 3.63) is 39.5 Å². The van der Waals surface area contributed by atoms with E-state index in [1.807, 2.05) is 25.1 Å². The summed E-state index contributed by atoms with van der Waals surface area (Å²) in [5.74, 6) is 0.657. The van der Waals surface area contributed by atoms with Gasteiger partial charge in [-0.3, -0.25) is 0 Å². The molecule has 1 aromatic carbocycles. The third-order valence-electron chi connectivity index (χ3n) is 3.69. The second-order valence-corrected chi connectivity index (χ2v) is 6.04. The number of hydrogen-bond donors (Lipinski definition) is 1. The number of methoxy groups -OCH3 is 1. The number of anilines is 1. The normalized spacial score (nSPS) is 16.4. The Labute approximate surface area is 147 Å². The van der Waals surface area contributed by atoms with E-state index in [0.717, 1.165) is 10.0 Å². The Hall–Kier alpha value is -2.42. The van der Waals surface area contributed by atoms with E-state index < -0.39 is 12.0 Å². The third kappa shape index (κ3) is 2.75. The topological polar surface area (TPSA) is 91.2 Å². The van der Waals surface area contributed by atoms with Gasteiger partial charge in [0.25, 0.3) is 0 Å². The molecule has 2 heterocycles. The first kappa shape index (κ1) is 16.4. The van der Waals surface area contributed by atoms with E-state index in [2.05, 4.69) is 36.8 Å². The highest BCUT2D eigenvalue weighted by Crippen LogP contribution is 2.40. The molecule has 8 nitrogen and oxygen atoms in total. The molecule has 1 atom stereocenters. The maximum absolute atomic E-state index is 12.4. The monoisotopic (exact) mass is 393 g/mol. The van der Waals surface area contributed by atoms with Crippen molar-refractivity contribution in [1.29, 1.82) is 0 Å². The number of aromatic nitrogens is 4. The molecular weight excluding hydrogens is 378 g/mol. The Kier molecular flexibility index (Phi) is 4.52. The van der Waals surface area contributed by atoms with Crippen LogP contribution in [0.4, 0.5) is 5.95 Å². The molecule has 126 valence electrons. The third-order valence-corrected chi connectivity index (χ3v) is 4.18. The molecule has 1 N–H and O–H groups in total. The van der Waals surface area contributed by atoms with E-state index in [9.17, 15) is 4.79 Å². The van der Waals surface area contributed by atoms with Gasteiger partial charge in [-0.25, -0.2) is 4.79 Å². The zero-order valence-electron chi connectivity index (χ0n) is 13.4. The fraction of sp³-hybridized carbons (Fsp3) is 0.333. The first-order chi connectivity index (χ1) is 11.6. The number of hydrogen-bond acceptors (Lipinski definition) is 7. The number of halogens is 1. The summed E-state index contributed by atoms with van der Waals surface area (Å²) >= 11 is 3.47. The van der Waals surface area contributed by atoms with E-state index in [1.165, 1.54) is 7.11 Å². The molecule has 1 aromatic heterocycles. The van der Waals surface area contributed by atoms with Gasteiger partial charge in [-0.15, -0.1) is 0 Å². The van der Waals surface area contributed by atoms with Crippen molar-refractivity contribution in [2.24, 2.45) is 0 Å². The van der Waals surface area contributed by atoms with Crippen molar-refractivity contribution in [2.45, 2.75) is 19.9 Å². The summed E-state index contributed by atoms with van der Waals surface area (Å²) in [6.45, 7) is 4.19. The van der Waals surface area contributed by atoms with Crippen LogP contribution in [0.15, 0.2) is 33.9 Å². The first-order valence-corrected chi connectivity index (χ1v) is 8.12. The smallest absolute Gasteiger partial charge is 0.338 e. The van der Waals surface area contributed by atoms with Gasteiger partial charge in [0.1, 0.15) is 11.8 Å². The molecule has 0 radical (unpaired) electrons. The van der Waals surface area contributed by atoms with Gasteiger partial charge >= 0.3 is 5.97 Å². The number of ether oxygens (including phenoxy) is 2. The number of carbonyl (C=O) groups excluding carboxylic acids is 1. The molecular formula is C15H16BrN5O3. The highest BCUT2D eigenvalue weighted by molar-refractivity contribution is 9.10. The van der Waals surface area contributed by atoms with Crippen LogP contribution in [-0.4, -0.2) is 39.9 Å². The summed E-state index contributed by atoms with van der Waals surface area (Å²) in [4.78, 5) is 12.4. The molecule has 3 rings (SSSR count). The average Bonchev–Trinajstić information content (AvgIpc) is 3.02. The molecule has 0 unspecified atom stereocenters. The van der Waals surface area contributed by atoms with Crippen LogP contribution in [0.1, 0.15) is 25.5 Å². The van der Waals surface area contributed by atoms with Crippen LogP contribution in [0.25, 0.3) is 0 Å². The van der Waals surface area contributed by atoms with Gasteiger partial charge in [0.05, 0.1) is 19.3 Å². The minimum Gasteiger partial charge on any atom is -0.494 e. The summed E-state index contributed by atoms with van der Waals surface area (Å²) in [5.41, 5.74) is 1.83. The molecule has 0 fully saturated rings. The van der Waals surface area contributed by atoms with E-state index in [-0.39, 0.29) is 0 Å². The molecule has 9 heteroatoms. The molecule has 0 spiro atoms. The number of carbonyl (C=O) groups is 1. The number of esters is 1. The van der Waals surface area contributed by atoms with Crippen LogP contribution < -0.4 is 10.1 Å². The second kappa shape index (κ2) is 6.60. The molecule has 0 saturated carbocycles. The molecule has 24 heavy (non-hydrogen) atoms. The standard InChI is InChI=1S/C15H16BrN5O3/c1-4-24-11-6-5-9(16)7-10(11)13-12(14(22)23-3)8(2)17-15-18-19-20-21(13)15/h5-7,13H,4H2,1-3H3,(H,17,18,20)/t13-/m0/s1. The van der Waals surface area contributed by atoms with Crippen LogP contribution >= 0.6 is 15.9 Å². The van der Waals surface area contributed by atoms with Crippen LogP contribution in [0.2, 0.25) is 0 Å². The van der Waals surface area contributed by atoms with Gasteiger partial charge in [0.2, 0.25) is 5.95 Å². The molecule has 0 bridgehead atoms. The van der Waals surface area contributed by atoms with Crippen LogP contribution in [0.3, 0.4) is 0 Å². The summed E-state index contributed by atoms with van der Waals surface area (Å²) < 4.78 is 13.1. The van der Waals surface area contributed by atoms with Crippen molar-refractivity contribution in [1.82, 2.24) is 20.2 Å². The van der Waals surface area contributed by atoms with E-state index in [1.54, 1.807) is 11.6 Å². The maximum Gasteiger partial charge on any atom is 0.338 e. The summed E-state index contributed by atoms with van der Waals surface area (Å²) in [6, 6.07) is 5.06. The lowest BCUT2D eigenvalue weighted by Crippen LogP contribution is -2.29. The van der Waals surface area contributed by atoms with Crippen molar-refractivity contribution in [3.8, 4) is 5.75 Å². The predicted molar refractivity (Wildman–Crippen MR) is 89.6 cm³/mol. The van der Waals surface area contributed by atoms with Gasteiger partial charge in [-0.05, 0) is 42.5 Å². The SMILES string of the molecule is CCOc1ccc(Br)cc1[C@H]1C(C(=O)OC)=C(C)Nc2nnnn21. The lowest BCUT2D eigenvalue weighted by molar-refractivity contribution is -0.136. The van der Waals surface area contributed by atoms with Gasteiger partial charge in [-0.2, -0.15) is 4.68 Å². The van der Waals surface area contributed by atoms with Crippen molar-refractivity contribution in [2.75, 3.05) is 19.0 Å². The van der Waals surface area contributed by atoms with E-state index >= 15 is 0 Å². The van der Waals surface area contributed by atoms with Gasteiger partial charge in [-0.1, -0.05) is 21.0 Å². The molecule has 0 aliphatic carbocycles. The fourth-order valence-corrected chi connectivity index (χ4v) is 3.07. The highest BCUT2D eigenvalue weighted by Gasteiger charge is 2.36. The Balaban J connectivity index is 2.23. The Morgan fingerprint density at radius 1 is 1.46 bits per heavy atom. The number of fused-ring (bicyclic) bond motifs is 1. The van der Waals surface area contributed by atoms with Crippen LogP contribution in [-0.2, 0) is 9.53 Å². The summed E-state index contributed by atoms with van der Waals surface area (Å²) in [7, 11) is 1.35. The maximum atomic E-state index is 12.4. The highest BCUT2D eigenvalue weighted by atomic mass is 79.9. The van der Waals surface area contributed by atoms with Crippen molar-refractivity contribution >= 4 is 27.8 Å².